The van der Waals surface area contributed by atoms with Gasteiger partial charge in [0.25, 0.3) is 0 Å². The van der Waals surface area contributed by atoms with Crippen LogP contribution in [0.2, 0.25) is 0 Å². The average Bonchev–Trinajstić information content (AvgIpc) is 3.32. The van der Waals surface area contributed by atoms with Crippen molar-refractivity contribution in [2.75, 3.05) is 13.1 Å². The van der Waals surface area contributed by atoms with Crippen molar-refractivity contribution >= 4 is 22.7 Å². The lowest BCUT2D eigenvalue weighted by Crippen LogP contribution is -2.60. The summed E-state index contributed by atoms with van der Waals surface area (Å²) in [5.41, 5.74) is 2.18. The number of carbonyl (C=O) groups is 2. The first-order chi connectivity index (χ1) is 12.7. The molecule has 0 unspecified atom stereocenters. The molecule has 3 aliphatic rings. The Balaban J connectivity index is 1.27. The predicted molar refractivity (Wildman–Crippen MR) is 97.2 cm³/mol. The van der Waals surface area contributed by atoms with Gasteiger partial charge in [0.1, 0.15) is 12.1 Å². The van der Waals surface area contributed by atoms with E-state index in [1.807, 2.05) is 21.9 Å². The van der Waals surface area contributed by atoms with E-state index in [1.54, 1.807) is 6.20 Å². The van der Waals surface area contributed by atoms with Crippen molar-refractivity contribution in [1.82, 2.24) is 20.1 Å². The van der Waals surface area contributed by atoms with Gasteiger partial charge in [0.05, 0.1) is 5.52 Å². The number of piperazine rings is 1. The topological polar surface area (TPSA) is 65.5 Å². The molecule has 3 aliphatic heterocycles. The SMILES string of the molecule is O=C1[C@@H]2C[C@H](NCc3ccc4ncccc4c3)CN2C(=O)[C@H]2CCCN12. The summed E-state index contributed by atoms with van der Waals surface area (Å²) < 4.78 is 0. The Morgan fingerprint density at radius 1 is 1.12 bits per heavy atom. The molecule has 1 N–H and O–H groups in total. The molecule has 5 rings (SSSR count). The van der Waals surface area contributed by atoms with Gasteiger partial charge in [-0.2, -0.15) is 0 Å². The Labute approximate surface area is 152 Å². The molecule has 3 fully saturated rings. The van der Waals surface area contributed by atoms with Crippen molar-refractivity contribution in [3.05, 3.63) is 42.1 Å². The summed E-state index contributed by atoms with van der Waals surface area (Å²) in [6.07, 6.45) is 4.27. The maximum atomic E-state index is 12.7. The second-order valence-corrected chi connectivity index (χ2v) is 7.54. The van der Waals surface area contributed by atoms with E-state index in [1.165, 1.54) is 5.56 Å². The molecule has 0 radical (unpaired) electrons. The van der Waals surface area contributed by atoms with Crippen molar-refractivity contribution < 1.29 is 9.59 Å². The second kappa shape index (κ2) is 6.06. The smallest absolute Gasteiger partial charge is 0.246 e. The van der Waals surface area contributed by atoms with Crippen molar-refractivity contribution in [2.45, 2.75) is 43.9 Å². The summed E-state index contributed by atoms with van der Waals surface area (Å²) in [5.74, 6) is 0.293. The summed E-state index contributed by atoms with van der Waals surface area (Å²) >= 11 is 0. The zero-order valence-electron chi connectivity index (χ0n) is 14.6. The van der Waals surface area contributed by atoms with Crippen molar-refractivity contribution in [2.24, 2.45) is 0 Å². The lowest BCUT2D eigenvalue weighted by molar-refractivity contribution is -0.156. The van der Waals surface area contributed by atoms with Gasteiger partial charge in [0.15, 0.2) is 0 Å². The molecular weight excluding hydrogens is 328 g/mol. The first kappa shape index (κ1) is 15.8. The quantitative estimate of drug-likeness (QED) is 0.906. The Kier molecular flexibility index (Phi) is 3.67. The summed E-state index contributed by atoms with van der Waals surface area (Å²) in [6, 6.07) is 9.95. The van der Waals surface area contributed by atoms with E-state index in [9.17, 15) is 9.59 Å². The van der Waals surface area contributed by atoms with E-state index in [0.29, 0.717) is 13.0 Å². The van der Waals surface area contributed by atoms with Gasteiger partial charge in [-0.15, -0.1) is 0 Å². The van der Waals surface area contributed by atoms with Crippen LogP contribution in [0.4, 0.5) is 0 Å². The number of hydrogen-bond donors (Lipinski definition) is 1. The van der Waals surface area contributed by atoms with E-state index in [2.05, 4.69) is 28.5 Å². The Bertz CT molecular complexity index is 853. The molecular formula is C20H22N4O2. The van der Waals surface area contributed by atoms with Crippen LogP contribution in [0.15, 0.2) is 36.5 Å². The molecule has 0 saturated carbocycles. The molecule has 134 valence electrons. The van der Waals surface area contributed by atoms with Gasteiger partial charge in [-0.25, -0.2) is 0 Å². The van der Waals surface area contributed by atoms with Crippen LogP contribution in [0, 0.1) is 0 Å². The van der Waals surface area contributed by atoms with Crippen molar-refractivity contribution in [1.29, 1.82) is 0 Å². The molecule has 4 heterocycles. The van der Waals surface area contributed by atoms with E-state index in [4.69, 9.17) is 0 Å². The van der Waals surface area contributed by atoms with Crippen LogP contribution in [0.3, 0.4) is 0 Å². The molecule has 0 bridgehead atoms. The molecule has 6 heteroatoms. The van der Waals surface area contributed by atoms with Gasteiger partial charge < -0.3 is 15.1 Å². The fourth-order valence-corrected chi connectivity index (χ4v) is 4.63. The average molecular weight is 350 g/mol. The number of pyridine rings is 1. The molecule has 1 aromatic carbocycles. The van der Waals surface area contributed by atoms with Gasteiger partial charge in [0, 0.05) is 37.3 Å². The number of nitrogens with one attached hydrogen (secondary N) is 1. The minimum absolute atomic E-state index is 0.146. The number of rotatable bonds is 3. The first-order valence-electron chi connectivity index (χ1n) is 9.39. The molecule has 0 spiro atoms. The number of amides is 2. The molecule has 2 amide bonds. The number of nitrogens with zero attached hydrogens (tertiary/aromatic N) is 3. The Hall–Kier alpha value is -2.47. The van der Waals surface area contributed by atoms with Crippen molar-refractivity contribution in [3.63, 3.8) is 0 Å². The molecule has 0 aliphatic carbocycles. The van der Waals surface area contributed by atoms with Crippen LogP contribution >= 0.6 is 0 Å². The van der Waals surface area contributed by atoms with E-state index in [-0.39, 0.29) is 29.9 Å². The number of hydrogen-bond acceptors (Lipinski definition) is 4. The Morgan fingerprint density at radius 3 is 2.92 bits per heavy atom. The normalized spacial score (nSPS) is 27.9. The monoisotopic (exact) mass is 350 g/mol. The molecule has 1 aromatic heterocycles. The Morgan fingerprint density at radius 2 is 2.00 bits per heavy atom. The molecule has 26 heavy (non-hydrogen) atoms. The van der Waals surface area contributed by atoms with Crippen LogP contribution in [-0.2, 0) is 16.1 Å². The highest BCUT2D eigenvalue weighted by molar-refractivity contribution is 5.98. The standard InChI is InChI=1S/C20H22N4O2/c25-19-17-4-2-8-23(17)20(26)18-10-15(12-24(18)19)22-11-13-5-6-16-14(9-13)3-1-7-21-16/h1,3,5-7,9,15,17-18,22H,2,4,8,10-12H2/t15-,17+,18-/m0/s1. The molecule has 6 nitrogen and oxygen atoms in total. The molecule has 2 aromatic rings. The summed E-state index contributed by atoms with van der Waals surface area (Å²) in [7, 11) is 0. The zero-order chi connectivity index (χ0) is 17.7. The maximum Gasteiger partial charge on any atom is 0.246 e. The van der Waals surface area contributed by atoms with E-state index in [0.717, 1.165) is 36.8 Å². The number of carbonyl (C=O) groups excluding carboxylic acids is 2. The third-order valence-electron chi connectivity index (χ3n) is 5.95. The third kappa shape index (κ3) is 2.48. The fraction of sp³-hybridized carbons (Fsp3) is 0.450. The third-order valence-corrected chi connectivity index (χ3v) is 5.95. The number of benzene rings is 1. The van der Waals surface area contributed by atoms with Gasteiger partial charge in [-0.3, -0.25) is 14.6 Å². The number of aromatic nitrogens is 1. The lowest BCUT2D eigenvalue weighted by atomic mass is 10.1. The second-order valence-electron chi connectivity index (χ2n) is 7.54. The van der Waals surface area contributed by atoms with Gasteiger partial charge in [-0.05, 0) is 43.0 Å². The largest absolute Gasteiger partial charge is 0.329 e. The predicted octanol–water partition coefficient (Wildman–Crippen LogP) is 1.30. The highest BCUT2D eigenvalue weighted by atomic mass is 16.2. The fourth-order valence-electron chi connectivity index (χ4n) is 4.63. The van der Waals surface area contributed by atoms with Gasteiger partial charge in [-0.1, -0.05) is 12.1 Å². The minimum atomic E-state index is -0.268. The van der Waals surface area contributed by atoms with Crippen LogP contribution in [0.1, 0.15) is 24.8 Å². The van der Waals surface area contributed by atoms with Crippen LogP contribution in [0.5, 0.6) is 0 Å². The summed E-state index contributed by atoms with van der Waals surface area (Å²) in [6.45, 7) is 2.10. The zero-order valence-corrected chi connectivity index (χ0v) is 14.6. The van der Waals surface area contributed by atoms with Crippen molar-refractivity contribution in [3.8, 4) is 0 Å². The van der Waals surface area contributed by atoms with Gasteiger partial charge in [0.2, 0.25) is 11.8 Å². The van der Waals surface area contributed by atoms with Crippen LogP contribution in [0.25, 0.3) is 10.9 Å². The van der Waals surface area contributed by atoms with E-state index >= 15 is 0 Å². The number of fused-ring (bicyclic) bond motifs is 3. The first-order valence-corrected chi connectivity index (χ1v) is 9.39. The molecule has 3 atom stereocenters. The summed E-state index contributed by atoms with van der Waals surface area (Å²) in [5, 5.41) is 4.67. The highest BCUT2D eigenvalue weighted by Crippen LogP contribution is 2.32. The van der Waals surface area contributed by atoms with Crippen LogP contribution < -0.4 is 5.32 Å². The van der Waals surface area contributed by atoms with Crippen LogP contribution in [-0.4, -0.2) is 57.8 Å². The summed E-state index contributed by atoms with van der Waals surface area (Å²) in [4.78, 5) is 33.4. The van der Waals surface area contributed by atoms with Gasteiger partial charge >= 0.3 is 0 Å². The lowest BCUT2D eigenvalue weighted by Gasteiger charge is -2.38. The minimum Gasteiger partial charge on any atom is -0.329 e. The molecule has 3 saturated heterocycles. The maximum absolute atomic E-state index is 12.7. The highest BCUT2D eigenvalue weighted by Gasteiger charge is 2.51. The van der Waals surface area contributed by atoms with E-state index < -0.39 is 0 Å².